The molecule has 5 heteroatoms. The van der Waals surface area contributed by atoms with E-state index in [1.54, 1.807) is 11.3 Å². The summed E-state index contributed by atoms with van der Waals surface area (Å²) in [4.78, 5) is 16.9. The second kappa shape index (κ2) is 7.50. The number of benzene rings is 1. The van der Waals surface area contributed by atoms with E-state index in [4.69, 9.17) is 0 Å². The van der Waals surface area contributed by atoms with Gasteiger partial charge in [-0.2, -0.15) is 5.10 Å². The summed E-state index contributed by atoms with van der Waals surface area (Å²) in [5, 5.41) is 4.38. The third kappa shape index (κ3) is 3.99. The fourth-order valence-electron chi connectivity index (χ4n) is 3.55. The zero-order valence-corrected chi connectivity index (χ0v) is 15.1. The first-order valence-corrected chi connectivity index (χ1v) is 9.83. The van der Waals surface area contributed by atoms with Crippen molar-refractivity contribution in [1.82, 2.24) is 10.3 Å². The zero-order chi connectivity index (χ0) is 17.1. The Morgan fingerprint density at radius 1 is 1.12 bits per heavy atom. The molecule has 4 nitrogen and oxygen atoms in total. The Morgan fingerprint density at radius 2 is 1.92 bits per heavy atom. The first-order chi connectivity index (χ1) is 12.3. The van der Waals surface area contributed by atoms with Crippen LogP contribution in [0.1, 0.15) is 44.9 Å². The van der Waals surface area contributed by atoms with Gasteiger partial charge >= 0.3 is 0 Å². The molecule has 25 heavy (non-hydrogen) atoms. The fraction of sp³-hybridized carbons (Fsp3) is 0.400. The highest BCUT2D eigenvalue weighted by molar-refractivity contribution is 7.14. The third-order valence-electron chi connectivity index (χ3n) is 4.97. The van der Waals surface area contributed by atoms with Crippen LogP contribution in [-0.2, 0) is 19.4 Å². The largest absolute Gasteiger partial charge is 0.298 e. The van der Waals surface area contributed by atoms with E-state index in [0.717, 1.165) is 55.9 Å². The van der Waals surface area contributed by atoms with Gasteiger partial charge in [0.1, 0.15) is 0 Å². The van der Waals surface area contributed by atoms with Gasteiger partial charge in [-0.25, -0.2) is 5.43 Å². The molecule has 0 unspecified atom stereocenters. The maximum atomic E-state index is 12.3. The molecule has 1 aliphatic heterocycles. The van der Waals surface area contributed by atoms with Crippen LogP contribution in [0, 0.1) is 0 Å². The topological polar surface area (TPSA) is 44.7 Å². The lowest BCUT2D eigenvalue weighted by atomic mass is 10.1. The van der Waals surface area contributed by atoms with Crippen LogP contribution in [0.2, 0.25) is 0 Å². The van der Waals surface area contributed by atoms with E-state index in [-0.39, 0.29) is 5.91 Å². The van der Waals surface area contributed by atoms with Gasteiger partial charge in [0.05, 0.1) is 4.88 Å². The highest BCUT2D eigenvalue weighted by Crippen LogP contribution is 2.30. The number of carbonyl (C=O) groups is 1. The van der Waals surface area contributed by atoms with Gasteiger partial charge in [0.2, 0.25) is 0 Å². The smallest absolute Gasteiger partial charge is 0.281 e. The number of piperidine rings is 1. The summed E-state index contributed by atoms with van der Waals surface area (Å²) in [5.74, 6) is -0.0568. The van der Waals surface area contributed by atoms with Gasteiger partial charge in [-0.15, -0.1) is 11.3 Å². The van der Waals surface area contributed by atoms with E-state index >= 15 is 0 Å². The van der Waals surface area contributed by atoms with Crippen molar-refractivity contribution in [1.29, 1.82) is 0 Å². The molecule has 1 aromatic carbocycles. The third-order valence-corrected chi connectivity index (χ3v) is 6.20. The average molecular weight is 353 g/mol. The Hall–Kier alpha value is -1.98. The summed E-state index contributed by atoms with van der Waals surface area (Å²) < 4.78 is 0. The lowest BCUT2D eigenvalue weighted by Gasteiger charge is -2.27. The van der Waals surface area contributed by atoms with Crippen LogP contribution in [-0.4, -0.2) is 29.6 Å². The summed E-state index contributed by atoms with van der Waals surface area (Å²) in [6.45, 7) is 2.98. The molecule has 0 radical (unpaired) electrons. The van der Waals surface area contributed by atoms with Gasteiger partial charge in [-0.1, -0.05) is 30.3 Å². The predicted molar refractivity (Wildman–Crippen MR) is 102 cm³/mol. The molecular weight excluding hydrogens is 330 g/mol. The van der Waals surface area contributed by atoms with Crippen LogP contribution in [0.25, 0.3) is 0 Å². The number of carbonyl (C=O) groups excluding carboxylic acids is 1. The molecule has 130 valence electrons. The van der Waals surface area contributed by atoms with Crippen LogP contribution in [0.4, 0.5) is 0 Å². The minimum absolute atomic E-state index is 0.0568. The Morgan fingerprint density at radius 3 is 2.68 bits per heavy atom. The molecule has 2 aliphatic rings. The number of fused-ring (bicyclic) bond motifs is 1. The molecule has 0 saturated carbocycles. The first-order valence-electron chi connectivity index (χ1n) is 9.01. The maximum absolute atomic E-state index is 12.3. The molecule has 2 aromatic rings. The van der Waals surface area contributed by atoms with E-state index in [1.165, 1.54) is 22.4 Å². The van der Waals surface area contributed by atoms with Crippen molar-refractivity contribution < 1.29 is 4.79 Å². The normalized spacial score (nSPS) is 17.4. The number of amides is 1. The van der Waals surface area contributed by atoms with Gasteiger partial charge in [0.25, 0.3) is 5.91 Å². The standard InChI is InChI=1S/C20H23N3OS/c24-20(19-13-16-7-4-8-18(16)25-19)22-21-17-9-11-23(12-10-17)14-15-5-2-1-3-6-15/h1-3,5-6,13H,4,7-12,14H2,(H,22,24). The van der Waals surface area contributed by atoms with Crippen molar-refractivity contribution in [3.8, 4) is 0 Å². The van der Waals surface area contributed by atoms with Crippen molar-refractivity contribution in [3.05, 3.63) is 57.3 Å². The van der Waals surface area contributed by atoms with Crippen molar-refractivity contribution in [2.24, 2.45) is 5.10 Å². The van der Waals surface area contributed by atoms with Crippen molar-refractivity contribution in [2.45, 2.75) is 38.6 Å². The molecule has 0 bridgehead atoms. The van der Waals surface area contributed by atoms with Gasteiger partial charge in [-0.05, 0) is 36.5 Å². The number of likely N-dealkylation sites (tertiary alicyclic amines) is 1. The minimum atomic E-state index is -0.0568. The molecule has 0 spiro atoms. The molecular formula is C20H23N3OS. The molecule has 1 amide bonds. The Kier molecular flexibility index (Phi) is 4.95. The second-order valence-corrected chi connectivity index (χ2v) is 7.93. The number of nitrogens with zero attached hydrogens (tertiary/aromatic N) is 2. The van der Waals surface area contributed by atoms with Crippen molar-refractivity contribution >= 4 is 23.0 Å². The summed E-state index contributed by atoms with van der Waals surface area (Å²) >= 11 is 1.63. The Balaban J connectivity index is 1.28. The monoisotopic (exact) mass is 353 g/mol. The molecule has 1 aromatic heterocycles. The summed E-state index contributed by atoms with van der Waals surface area (Å²) in [6.07, 6.45) is 5.32. The first kappa shape index (κ1) is 16.5. The molecule has 1 fully saturated rings. The molecule has 1 saturated heterocycles. The van der Waals surface area contributed by atoms with Crippen molar-refractivity contribution in [2.75, 3.05) is 13.1 Å². The van der Waals surface area contributed by atoms with Crippen LogP contribution in [0.3, 0.4) is 0 Å². The second-order valence-electron chi connectivity index (χ2n) is 6.79. The zero-order valence-electron chi connectivity index (χ0n) is 14.3. The van der Waals surface area contributed by atoms with E-state index in [1.807, 2.05) is 6.07 Å². The summed E-state index contributed by atoms with van der Waals surface area (Å²) in [5.41, 5.74) is 6.57. The van der Waals surface area contributed by atoms with Crippen LogP contribution >= 0.6 is 11.3 Å². The predicted octanol–water partition coefficient (Wildman–Crippen LogP) is 3.62. The van der Waals surface area contributed by atoms with E-state index in [9.17, 15) is 4.79 Å². The Labute approximate surface area is 152 Å². The average Bonchev–Trinajstić information content (AvgIpc) is 3.24. The minimum Gasteiger partial charge on any atom is -0.298 e. The molecule has 0 atom stereocenters. The number of hydrogen-bond acceptors (Lipinski definition) is 4. The number of aryl methyl sites for hydroxylation is 2. The molecule has 1 N–H and O–H groups in total. The van der Waals surface area contributed by atoms with Crippen LogP contribution in [0.15, 0.2) is 41.5 Å². The quantitative estimate of drug-likeness (QED) is 0.853. The highest BCUT2D eigenvalue weighted by atomic mass is 32.1. The van der Waals surface area contributed by atoms with Gasteiger partial charge < -0.3 is 0 Å². The van der Waals surface area contributed by atoms with Crippen molar-refractivity contribution in [3.63, 3.8) is 0 Å². The number of hydrogen-bond donors (Lipinski definition) is 1. The molecule has 2 heterocycles. The van der Waals surface area contributed by atoms with E-state index in [2.05, 4.69) is 45.8 Å². The Bertz CT molecular complexity index is 750. The fourth-order valence-corrected chi connectivity index (χ4v) is 4.69. The number of nitrogens with one attached hydrogen (secondary N) is 1. The van der Waals surface area contributed by atoms with Crippen LogP contribution < -0.4 is 5.43 Å². The number of rotatable bonds is 4. The maximum Gasteiger partial charge on any atom is 0.281 e. The van der Waals surface area contributed by atoms with Gasteiger partial charge in [-0.3, -0.25) is 9.69 Å². The lowest BCUT2D eigenvalue weighted by molar-refractivity contribution is 0.0958. The van der Waals surface area contributed by atoms with Gasteiger partial charge in [0, 0.05) is 43.1 Å². The van der Waals surface area contributed by atoms with Crippen LogP contribution in [0.5, 0.6) is 0 Å². The lowest BCUT2D eigenvalue weighted by Crippen LogP contribution is -2.34. The summed E-state index contributed by atoms with van der Waals surface area (Å²) in [6, 6.07) is 12.6. The number of thiophene rings is 1. The SMILES string of the molecule is O=C(NN=C1CCN(Cc2ccccc2)CC1)c1cc2c(s1)CCC2. The molecule has 4 rings (SSSR count). The van der Waals surface area contributed by atoms with E-state index in [0.29, 0.717) is 0 Å². The number of hydrazone groups is 1. The highest BCUT2D eigenvalue weighted by Gasteiger charge is 2.19. The van der Waals surface area contributed by atoms with E-state index < -0.39 is 0 Å². The van der Waals surface area contributed by atoms with Gasteiger partial charge in [0.15, 0.2) is 0 Å². The summed E-state index contributed by atoms with van der Waals surface area (Å²) in [7, 11) is 0. The molecule has 1 aliphatic carbocycles.